The Bertz CT molecular complexity index is 694. The summed E-state index contributed by atoms with van der Waals surface area (Å²) < 4.78 is 10.3. The summed E-state index contributed by atoms with van der Waals surface area (Å²) in [6.07, 6.45) is 2.01. The summed E-state index contributed by atoms with van der Waals surface area (Å²) in [5, 5.41) is 4.89. The number of fused-ring (bicyclic) bond motifs is 1. The molecule has 5 heteroatoms. The fraction of sp³-hybridized carbons (Fsp3) is 0.294. The molecule has 0 unspecified atom stereocenters. The zero-order valence-corrected chi connectivity index (χ0v) is 12.1. The van der Waals surface area contributed by atoms with Gasteiger partial charge in [0.05, 0.1) is 0 Å². The lowest BCUT2D eigenvalue weighted by atomic mass is 10.1. The molecule has 1 aliphatic rings. The predicted octanol–water partition coefficient (Wildman–Crippen LogP) is 2.04. The van der Waals surface area contributed by atoms with Gasteiger partial charge in [-0.3, -0.25) is 4.79 Å². The van der Waals surface area contributed by atoms with Crippen LogP contribution in [0, 0.1) is 0 Å². The van der Waals surface area contributed by atoms with Gasteiger partial charge < -0.3 is 14.8 Å². The van der Waals surface area contributed by atoms with E-state index < -0.39 is 5.97 Å². The molecule has 2 aromatic rings. The summed E-state index contributed by atoms with van der Waals surface area (Å²) >= 11 is 0. The molecule has 0 radical (unpaired) electrons. The Kier molecular flexibility index (Phi) is 4.23. The molecule has 3 rings (SSSR count). The van der Waals surface area contributed by atoms with Crippen LogP contribution in [0.3, 0.4) is 0 Å². The molecule has 0 bridgehead atoms. The SMILES string of the molecule is O=C(COC(=O)COc1ccc2ccccc2c1)NC1CC1. The van der Waals surface area contributed by atoms with Crippen LogP contribution in [0.2, 0.25) is 0 Å². The minimum absolute atomic E-state index is 0.213. The lowest BCUT2D eigenvalue weighted by molar-refractivity contribution is -0.150. The van der Waals surface area contributed by atoms with Crippen LogP contribution in [0.25, 0.3) is 10.8 Å². The molecule has 0 atom stereocenters. The number of carbonyl (C=O) groups excluding carboxylic acids is 2. The van der Waals surface area contributed by atoms with Crippen molar-refractivity contribution in [1.29, 1.82) is 0 Å². The van der Waals surface area contributed by atoms with Crippen molar-refractivity contribution in [3.05, 3.63) is 42.5 Å². The highest BCUT2D eigenvalue weighted by atomic mass is 16.6. The number of rotatable bonds is 6. The number of carbonyl (C=O) groups is 2. The fourth-order valence-electron chi connectivity index (χ4n) is 2.08. The Morgan fingerprint density at radius 2 is 1.82 bits per heavy atom. The predicted molar refractivity (Wildman–Crippen MR) is 81.6 cm³/mol. The smallest absolute Gasteiger partial charge is 0.344 e. The maximum absolute atomic E-state index is 11.6. The number of ether oxygens (including phenoxy) is 2. The molecule has 0 spiro atoms. The number of benzene rings is 2. The number of esters is 1. The third-order valence-corrected chi connectivity index (χ3v) is 3.38. The molecule has 1 amide bonds. The second-order valence-electron chi connectivity index (χ2n) is 5.30. The van der Waals surface area contributed by atoms with Crippen LogP contribution in [0.5, 0.6) is 5.75 Å². The molecular formula is C17H17NO4. The molecule has 2 aromatic carbocycles. The Hall–Kier alpha value is -2.56. The van der Waals surface area contributed by atoms with Gasteiger partial charge in [0.25, 0.3) is 5.91 Å². The van der Waals surface area contributed by atoms with Crippen LogP contribution in [0.1, 0.15) is 12.8 Å². The first kappa shape index (κ1) is 14.4. The summed E-state index contributed by atoms with van der Waals surface area (Å²) in [6, 6.07) is 13.7. The van der Waals surface area contributed by atoms with Crippen molar-refractivity contribution in [1.82, 2.24) is 5.32 Å². The van der Waals surface area contributed by atoms with Gasteiger partial charge in [-0.15, -0.1) is 0 Å². The minimum Gasteiger partial charge on any atom is -0.482 e. The van der Waals surface area contributed by atoms with Gasteiger partial charge in [0.1, 0.15) is 5.75 Å². The molecule has 114 valence electrons. The summed E-state index contributed by atoms with van der Waals surface area (Å²) in [4.78, 5) is 22.9. The van der Waals surface area contributed by atoms with Crippen molar-refractivity contribution in [2.24, 2.45) is 0 Å². The second-order valence-corrected chi connectivity index (χ2v) is 5.30. The molecule has 1 fully saturated rings. The highest BCUT2D eigenvalue weighted by Crippen LogP contribution is 2.20. The van der Waals surface area contributed by atoms with Crippen LogP contribution in [0.15, 0.2) is 42.5 Å². The standard InChI is InChI=1S/C17H17NO4/c19-16(18-14-6-7-14)10-22-17(20)11-21-15-8-5-12-3-1-2-4-13(12)9-15/h1-5,8-9,14H,6-7,10-11H2,(H,18,19). The first-order valence-corrected chi connectivity index (χ1v) is 7.27. The van der Waals surface area contributed by atoms with Gasteiger partial charge in [-0.2, -0.15) is 0 Å². The molecular weight excluding hydrogens is 282 g/mol. The van der Waals surface area contributed by atoms with Crippen LogP contribution in [-0.4, -0.2) is 31.1 Å². The lowest BCUT2D eigenvalue weighted by Crippen LogP contribution is -2.31. The average Bonchev–Trinajstić information content (AvgIpc) is 3.34. The minimum atomic E-state index is -0.556. The van der Waals surface area contributed by atoms with Gasteiger partial charge in [-0.25, -0.2) is 4.79 Å². The van der Waals surface area contributed by atoms with E-state index in [0.717, 1.165) is 23.6 Å². The van der Waals surface area contributed by atoms with Gasteiger partial charge >= 0.3 is 5.97 Å². The first-order valence-electron chi connectivity index (χ1n) is 7.27. The van der Waals surface area contributed by atoms with E-state index in [1.165, 1.54) is 0 Å². The van der Waals surface area contributed by atoms with E-state index in [4.69, 9.17) is 9.47 Å². The Balaban J connectivity index is 1.45. The van der Waals surface area contributed by atoms with Crippen molar-refractivity contribution >= 4 is 22.6 Å². The lowest BCUT2D eigenvalue weighted by Gasteiger charge is -2.08. The van der Waals surface area contributed by atoms with Crippen LogP contribution >= 0.6 is 0 Å². The maximum atomic E-state index is 11.6. The summed E-state index contributed by atoms with van der Waals surface area (Å²) in [5.74, 6) is -0.223. The fourth-order valence-corrected chi connectivity index (χ4v) is 2.08. The van der Waals surface area contributed by atoms with E-state index in [2.05, 4.69) is 5.32 Å². The molecule has 0 heterocycles. The number of nitrogens with one attached hydrogen (secondary N) is 1. The van der Waals surface area contributed by atoms with E-state index in [9.17, 15) is 9.59 Å². The molecule has 0 aliphatic heterocycles. The van der Waals surface area contributed by atoms with Crippen molar-refractivity contribution in [3.8, 4) is 5.75 Å². The van der Waals surface area contributed by atoms with Crippen LogP contribution < -0.4 is 10.1 Å². The van der Waals surface area contributed by atoms with Gasteiger partial charge in [0.2, 0.25) is 0 Å². The third-order valence-electron chi connectivity index (χ3n) is 3.38. The molecule has 5 nitrogen and oxygen atoms in total. The summed E-state index contributed by atoms with van der Waals surface area (Å²) in [7, 11) is 0. The molecule has 1 saturated carbocycles. The van der Waals surface area contributed by atoms with E-state index in [1.54, 1.807) is 6.07 Å². The van der Waals surface area contributed by atoms with Crippen LogP contribution in [0.4, 0.5) is 0 Å². The summed E-state index contributed by atoms with van der Waals surface area (Å²) in [6.45, 7) is -0.467. The quantitative estimate of drug-likeness (QED) is 0.829. The number of hydrogen-bond acceptors (Lipinski definition) is 4. The van der Waals surface area contributed by atoms with Crippen molar-refractivity contribution in [3.63, 3.8) is 0 Å². The van der Waals surface area contributed by atoms with Gasteiger partial charge in [0, 0.05) is 6.04 Å². The van der Waals surface area contributed by atoms with E-state index in [-0.39, 0.29) is 25.2 Å². The van der Waals surface area contributed by atoms with E-state index in [1.807, 2.05) is 36.4 Å². The average molecular weight is 299 g/mol. The molecule has 0 aromatic heterocycles. The first-order chi connectivity index (χ1) is 10.7. The zero-order valence-electron chi connectivity index (χ0n) is 12.1. The van der Waals surface area contributed by atoms with Gasteiger partial charge in [-0.1, -0.05) is 30.3 Å². The largest absolute Gasteiger partial charge is 0.482 e. The van der Waals surface area contributed by atoms with E-state index >= 15 is 0 Å². The topological polar surface area (TPSA) is 64.6 Å². The van der Waals surface area contributed by atoms with Crippen LogP contribution in [-0.2, 0) is 14.3 Å². The summed E-state index contributed by atoms with van der Waals surface area (Å²) in [5.41, 5.74) is 0. The Labute approximate surface area is 128 Å². The highest BCUT2D eigenvalue weighted by molar-refractivity contribution is 5.84. The third kappa shape index (κ3) is 3.97. The van der Waals surface area contributed by atoms with Crippen molar-refractivity contribution in [2.75, 3.05) is 13.2 Å². The van der Waals surface area contributed by atoms with Gasteiger partial charge in [-0.05, 0) is 35.7 Å². The highest BCUT2D eigenvalue weighted by Gasteiger charge is 2.23. The second kappa shape index (κ2) is 6.47. The molecule has 1 N–H and O–H groups in total. The zero-order chi connectivity index (χ0) is 15.4. The Morgan fingerprint density at radius 1 is 1.05 bits per heavy atom. The van der Waals surface area contributed by atoms with Crippen molar-refractivity contribution < 1.29 is 19.1 Å². The number of hydrogen-bond donors (Lipinski definition) is 1. The Morgan fingerprint density at radius 3 is 2.59 bits per heavy atom. The number of amides is 1. The monoisotopic (exact) mass is 299 g/mol. The van der Waals surface area contributed by atoms with Gasteiger partial charge in [0.15, 0.2) is 13.2 Å². The van der Waals surface area contributed by atoms with Crippen molar-refractivity contribution in [2.45, 2.75) is 18.9 Å². The normalized spacial score (nSPS) is 13.6. The molecule has 0 saturated heterocycles. The van der Waals surface area contributed by atoms with E-state index in [0.29, 0.717) is 5.75 Å². The molecule has 1 aliphatic carbocycles. The molecule has 22 heavy (non-hydrogen) atoms. The maximum Gasteiger partial charge on any atom is 0.344 e.